The number of rotatable bonds is 8. The Bertz CT molecular complexity index is 946. The highest BCUT2D eigenvalue weighted by Gasteiger charge is 2.30. The highest BCUT2D eigenvalue weighted by atomic mass is 32.1. The molecule has 0 spiro atoms. The van der Waals surface area contributed by atoms with Gasteiger partial charge < -0.3 is 14.0 Å². The first-order valence-corrected chi connectivity index (χ1v) is 10.1. The molecule has 1 aromatic heterocycles. The van der Waals surface area contributed by atoms with Gasteiger partial charge in [0.15, 0.2) is 4.80 Å². The Morgan fingerprint density at radius 3 is 2.61 bits per heavy atom. The van der Waals surface area contributed by atoms with Gasteiger partial charge in [0, 0.05) is 26.0 Å². The fourth-order valence-corrected chi connectivity index (χ4v) is 4.13. The van der Waals surface area contributed by atoms with Crippen LogP contribution in [-0.4, -0.2) is 53.6 Å². The number of imide groups is 1. The summed E-state index contributed by atoms with van der Waals surface area (Å²) in [5.41, 5.74) is 0.855. The van der Waals surface area contributed by atoms with Gasteiger partial charge in [0.2, 0.25) is 11.8 Å². The van der Waals surface area contributed by atoms with Crippen molar-refractivity contribution in [2.24, 2.45) is 4.99 Å². The van der Waals surface area contributed by atoms with E-state index in [1.54, 1.807) is 0 Å². The van der Waals surface area contributed by atoms with Gasteiger partial charge in [-0.25, -0.2) is 0 Å². The topological polar surface area (TPSA) is 90.2 Å². The zero-order valence-corrected chi connectivity index (χ0v) is 16.8. The van der Waals surface area contributed by atoms with Gasteiger partial charge in [-0.05, 0) is 26.0 Å². The smallest absolute Gasteiger partial charge is 0.268 e. The van der Waals surface area contributed by atoms with Crippen LogP contribution in [0.1, 0.15) is 26.7 Å². The van der Waals surface area contributed by atoms with Crippen molar-refractivity contribution in [1.29, 1.82) is 0 Å². The van der Waals surface area contributed by atoms with E-state index in [-0.39, 0.29) is 31.2 Å². The number of carbonyl (C=O) groups excluding carboxylic acids is 3. The summed E-state index contributed by atoms with van der Waals surface area (Å²) in [6.45, 7) is 5.58. The van der Waals surface area contributed by atoms with E-state index in [9.17, 15) is 14.4 Å². The second-order valence-corrected chi connectivity index (χ2v) is 7.16. The third kappa shape index (κ3) is 4.31. The second-order valence-electron chi connectivity index (χ2n) is 6.15. The molecule has 3 rings (SSSR count). The van der Waals surface area contributed by atoms with Crippen molar-refractivity contribution >= 4 is 39.3 Å². The predicted molar refractivity (Wildman–Crippen MR) is 104 cm³/mol. The van der Waals surface area contributed by atoms with E-state index in [4.69, 9.17) is 9.47 Å². The van der Waals surface area contributed by atoms with Gasteiger partial charge in [-0.1, -0.05) is 17.4 Å². The lowest BCUT2D eigenvalue weighted by Crippen LogP contribution is -2.34. The molecule has 1 saturated heterocycles. The summed E-state index contributed by atoms with van der Waals surface area (Å²) in [5, 5.41) is 0. The van der Waals surface area contributed by atoms with E-state index in [1.807, 2.05) is 36.6 Å². The number of nitrogens with zero attached hydrogens (tertiary/aromatic N) is 3. The lowest BCUT2D eigenvalue weighted by atomic mass is 10.3. The third-order valence-electron chi connectivity index (χ3n) is 4.30. The van der Waals surface area contributed by atoms with Crippen molar-refractivity contribution < 1.29 is 23.9 Å². The summed E-state index contributed by atoms with van der Waals surface area (Å²) < 4.78 is 14.0. The standard InChI is InChI=1S/C19H23N3O5S/c1-3-26-11-10-21-18-13(27-4-2)6-5-7-14(18)28-19(21)20-15(23)12-22-16(24)8-9-17(22)25/h5-7H,3-4,8-12H2,1-2H3. The van der Waals surface area contributed by atoms with Crippen molar-refractivity contribution in [3.63, 3.8) is 0 Å². The molecule has 2 aromatic rings. The number of amides is 3. The van der Waals surface area contributed by atoms with Gasteiger partial charge in [-0.15, -0.1) is 0 Å². The van der Waals surface area contributed by atoms with Crippen LogP contribution in [0.15, 0.2) is 23.2 Å². The highest BCUT2D eigenvalue weighted by Crippen LogP contribution is 2.27. The van der Waals surface area contributed by atoms with E-state index in [2.05, 4.69) is 4.99 Å². The van der Waals surface area contributed by atoms with E-state index >= 15 is 0 Å². The van der Waals surface area contributed by atoms with E-state index in [0.29, 0.717) is 36.9 Å². The molecule has 0 N–H and O–H groups in total. The maximum Gasteiger partial charge on any atom is 0.268 e. The molecule has 2 heterocycles. The van der Waals surface area contributed by atoms with Crippen LogP contribution >= 0.6 is 11.3 Å². The average Bonchev–Trinajstić information content (AvgIpc) is 3.17. The number of aromatic nitrogens is 1. The minimum atomic E-state index is -0.529. The molecule has 9 heteroatoms. The Morgan fingerprint density at radius 2 is 1.93 bits per heavy atom. The lowest BCUT2D eigenvalue weighted by Gasteiger charge is -2.11. The Morgan fingerprint density at radius 1 is 1.18 bits per heavy atom. The maximum absolute atomic E-state index is 12.4. The van der Waals surface area contributed by atoms with Crippen LogP contribution in [0.25, 0.3) is 10.2 Å². The molecule has 0 unspecified atom stereocenters. The van der Waals surface area contributed by atoms with E-state index < -0.39 is 5.91 Å². The Balaban J connectivity index is 1.98. The predicted octanol–water partition coefficient (Wildman–Crippen LogP) is 1.71. The molecule has 3 amide bonds. The van der Waals surface area contributed by atoms with Crippen molar-refractivity contribution in [3.8, 4) is 5.75 Å². The van der Waals surface area contributed by atoms with Gasteiger partial charge in [-0.2, -0.15) is 4.99 Å². The van der Waals surface area contributed by atoms with E-state index in [1.165, 1.54) is 11.3 Å². The minimum Gasteiger partial charge on any atom is -0.492 e. The largest absolute Gasteiger partial charge is 0.492 e. The molecule has 1 aliphatic rings. The summed E-state index contributed by atoms with van der Waals surface area (Å²) >= 11 is 1.36. The number of fused-ring (bicyclic) bond motifs is 1. The molecule has 1 fully saturated rings. The Hall–Kier alpha value is -2.52. The molecule has 0 radical (unpaired) electrons. The SMILES string of the molecule is CCOCCn1c(=NC(=O)CN2C(=O)CCC2=O)sc2cccc(OCC)c21. The van der Waals surface area contributed by atoms with Crippen LogP contribution in [-0.2, 0) is 25.7 Å². The molecule has 0 atom stereocenters. The Kier molecular flexibility index (Phi) is 6.58. The van der Waals surface area contributed by atoms with Crippen molar-refractivity contribution in [3.05, 3.63) is 23.0 Å². The number of ether oxygens (including phenoxy) is 2. The molecule has 0 bridgehead atoms. The summed E-state index contributed by atoms with van der Waals surface area (Å²) in [6.07, 6.45) is 0.308. The number of thiazole rings is 1. The normalized spacial score (nSPS) is 15.1. The molecular formula is C19H23N3O5S. The molecule has 0 saturated carbocycles. The van der Waals surface area contributed by atoms with Crippen LogP contribution in [0, 0.1) is 0 Å². The van der Waals surface area contributed by atoms with Gasteiger partial charge in [0.1, 0.15) is 17.8 Å². The molecule has 28 heavy (non-hydrogen) atoms. The summed E-state index contributed by atoms with van der Waals surface area (Å²) in [5.74, 6) is -0.467. The van der Waals surface area contributed by atoms with Crippen LogP contribution in [0.4, 0.5) is 0 Å². The fourth-order valence-electron chi connectivity index (χ4n) is 3.04. The Labute approximate surface area is 166 Å². The van der Waals surface area contributed by atoms with Crippen molar-refractivity contribution in [2.75, 3.05) is 26.4 Å². The quantitative estimate of drug-likeness (QED) is 0.493. The summed E-state index contributed by atoms with van der Waals surface area (Å²) in [7, 11) is 0. The number of para-hydroxylation sites is 1. The third-order valence-corrected chi connectivity index (χ3v) is 5.34. The van der Waals surface area contributed by atoms with Crippen LogP contribution in [0.3, 0.4) is 0 Å². The first kappa shape index (κ1) is 20.2. The number of benzene rings is 1. The van der Waals surface area contributed by atoms with Gasteiger partial charge in [0.25, 0.3) is 5.91 Å². The molecule has 1 aliphatic heterocycles. The minimum absolute atomic E-state index is 0.154. The average molecular weight is 405 g/mol. The molecule has 8 nitrogen and oxygen atoms in total. The fraction of sp³-hybridized carbons (Fsp3) is 0.474. The number of hydrogen-bond donors (Lipinski definition) is 0. The van der Waals surface area contributed by atoms with E-state index in [0.717, 1.165) is 15.1 Å². The molecule has 0 aliphatic carbocycles. The lowest BCUT2D eigenvalue weighted by molar-refractivity contribution is -0.141. The zero-order chi connectivity index (χ0) is 20.1. The summed E-state index contributed by atoms with van der Waals surface area (Å²) in [4.78, 5) is 41.6. The molecule has 1 aromatic carbocycles. The van der Waals surface area contributed by atoms with Crippen LogP contribution < -0.4 is 9.54 Å². The van der Waals surface area contributed by atoms with Crippen molar-refractivity contribution in [2.45, 2.75) is 33.2 Å². The second kappa shape index (κ2) is 9.11. The van der Waals surface area contributed by atoms with Crippen LogP contribution in [0.2, 0.25) is 0 Å². The summed E-state index contributed by atoms with van der Waals surface area (Å²) in [6, 6.07) is 5.71. The molecule has 150 valence electrons. The number of hydrogen-bond acceptors (Lipinski definition) is 6. The monoisotopic (exact) mass is 405 g/mol. The van der Waals surface area contributed by atoms with Crippen molar-refractivity contribution in [1.82, 2.24) is 9.47 Å². The van der Waals surface area contributed by atoms with Gasteiger partial charge >= 0.3 is 0 Å². The molecular weight excluding hydrogens is 382 g/mol. The zero-order valence-electron chi connectivity index (χ0n) is 16.0. The van der Waals surface area contributed by atoms with Crippen LogP contribution in [0.5, 0.6) is 5.75 Å². The number of carbonyl (C=O) groups is 3. The number of likely N-dealkylation sites (tertiary alicyclic amines) is 1. The highest BCUT2D eigenvalue weighted by molar-refractivity contribution is 7.16. The first-order valence-electron chi connectivity index (χ1n) is 9.28. The van der Waals surface area contributed by atoms with Gasteiger partial charge in [0.05, 0.1) is 17.9 Å². The first-order chi connectivity index (χ1) is 13.5. The van der Waals surface area contributed by atoms with Gasteiger partial charge in [-0.3, -0.25) is 19.3 Å². The maximum atomic E-state index is 12.4.